The first-order chi connectivity index (χ1) is 16.9. The van der Waals surface area contributed by atoms with Crippen molar-refractivity contribution in [1.29, 1.82) is 0 Å². The van der Waals surface area contributed by atoms with Gasteiger partial charge >= 0.3 is 0 Å². The van der Waals surface area contributed by atoms with E-state index < -0.39 is 0 Å². The van der Waals surface area contributed by atoms with Gasteiger partial charge in [-0.25, -0.2) is 0 Å². The van der Waals surface area contributed by atoms with Crippen molar-refractivity contribution in [3.8, 4) is 11.5 Å². The van der Waals surface area contributed by atoms with Gasteiger partial charge in [0.1, 0.15) is 11.5 Å². The second kappa shape index (κ2) is 11.2. The fraction of sp³-hybridized carbons (Fsp3) is 0.357. The molecule has 1 amide bonds. The summed E-state index contributed by atoms with van der Waals surface area (Å²) in [6.07, 6.45) is 3.71. The van der Waals surface area contributed by atoms with Crippen LogP contribution in [0.2, 0.25) is 0 Å². The minimum Gasteiger partial charge on any atom is -0.495 e. The van der Waals surface area contributed by atoms with E-state index in [-0.39, 0.29) is 18.1 Å². The molecule has 1 unspecified atom stereocenters. The van der Waals surface area contributed by atoms with E-state index >= 15 is 0 Å². The number of pyridine rings is 1. The number of anilines is 1. The molecule has 0 radical (unpaired) electrons. The van der Waals surface area contributed by atoms with Crippen molar-refractivity contribution in [1.82, 2.24) is 14.8 Å². The van der Waals surface area contributed by atoms with Crippen LogP contribution >= 0.6 is 0 Å². The highest BCUT2D eigenvalue weighted by atomic mass is 16.5. The van der Waals surface area contributed by atoms with E-state index in [4.69, 9.17) is 9.47 Å². The van der Waals surface area contributed by atoms with Crippen LogP contribution in [0.4, 0.5) is 5.69 Å². The minimum absolute atomic E-state index is 0.0231. The molecule has 1 aliphatic rings. The Morgan fingerprint density at radius 3 is 2.63 bits per heavy atom. The average molecular weight is 475 g/mol. The Hall–Kier alpha value is -3.58. The van der Waals surface area contributed by atoms with Gasteiger partial charge in [0.25, 0.3) is 5.91 Å². The van der Waals surface area contributed by atoms with Crippen molar-refractivity contribution < 1.29 is 14.3 Å². The Balaban J connectivity index is 1.48. The monoisotopic (exact) mass is 474 g/mol. The Morgan fingerprint density at radius 1 is 1.14 bits per heavy atom. The van der Waals surface area contributed by atoms with Crippen LogP contribution in [-0.2, 0) is 6.54 Å². The molecule has 1 N–H and O–H groups in total. The lowest BCUT2D eigenvalue weighted by Crippen LogP contribution is -2.49. The summed E-state index contributed by atoms with van der Waals surface area (Å²) in [5.74, 6) is 1.58. The number of piperazine rings is 1. The molecule has 1 fully saturated rings. The summed E-state index contributed by atoms with van der Waals surface area (Å²) < 4.78 is 11.3. The van der Waals surface area contributed by atoms with Gasteiger partial charge in [-0.05, 0) is 68.4 Å². The van der Waals surface area contributed by atoms with Gasteiger partial charge in [0.2, 0.25) is 0 Å². The van der Waals surface area contributed by atoms with Crippen LogP contribution in [0.1, 0.15) is 41.4 Å². The Kier molecular flexibility index (Phi) is 7.87. The average Bonchev–Trinajstić information content (AvgIpc) is 2.88. The molecule has 7 heteroatoms. The van der Waals surface area contributed by atoms with Crippen LogP contribution < -0.4 is 14.8 Å². The smallest absolute Gasteiger partial charge is 0.254 e. The van der Waals surface area contributed by atoms with Crippen LogP contribution in [0.3, 0.4) is 0 Å². The Morgan fingerprint density at radius 2 is 1.94 bits per heavy atom. The van der Waals surface area contributed by atoms with E-state index in [1.807, 2.05) is 67.4 Å². The van der Waals surface area contributed by atoms with Crippen LogP contribution in [-0.4, -0.2) is 60.6 Å². The standard InChI is InChI=1S/C28H34N4O3/c1-20(2)35-24-10-7-22(8-11-24)26-19-32(15-14-31(26)3)28(33)23-9-12-27(34-4)25(16-23)30-18-21-6-5-13-29-17-21/h5-13,16-17,20,26,30H,14-15,18-19H2,1-4H3. The van der Waals surface area contributed by atoms with Gasteiger partial charge < -0.3 is 19.7 Å². The van der Waals surface area contributed by atoms with Crippen LogP contribution in [0, 0.1) is 0 Å². The molecule has 1 aliphatic heterocycles. The Bertz CT molecular complexity index is 1120. The highest BCUT2D eigenvalue weighted by molar-refractivity contribution is 5.95. The molecule has 2 aromatic carbocycles. The molecule has 1 aromatic heterocycles. The molecule has 184 valence electrons. The summed E-state index contributed by atoms with van der Waals surface area (Å²) in [6.45, 7) is 6.75. The molecule has 0 saturated carbocycles. The number of benzene rings is 2. The zero-order valence-corrected chi connectivity index (χ0v) is 20.9. The minimum atomic E-state index is 0.0231. The van der Waals surface area contributed by atoms with Gasteiger partial charge in [0.15, 0.2) is 0 Å². The predicted molar refractivity (Wildman–Crippen MR) is 138 cm³/mol. The van der Waals surface area contributed by atoms with E-state index in [9.17, 15) is 4.79 Å². The highest BCUT2D eigenvalue weighted by Crippen LogP contribution is 2.29. The highest BCUT2D eigenvalue weighted by Gasteiger charge is 2.29. The second-order valence-electron chi connectivity index (χ2n) is 9.11. The number of nitrogens with one attached hydrogen (secondary N) is 1. The van der Waals surface area contributed by atoms with Crippen molar-refractivity contribution >= 4 is 11.6 Å². The van der Waals surface area contributed by atoms with Gasteiger partial charge in [0, 0.05) is 44.1 Å². The van der Waals surface area contributed by atoms with E-state index in [2.05, 4.69) is 34.4 Å². The summed E-state index contributed by atoms with van der Waals surface area (Å²) in [6, 6.07) is 17.8. The maximum Gasteiger partial charge on any atom is 0.254 e. The third kappa shape index (κ3) is 6.11. The SMILES string of the molecule is COc1ccc(C(=O)N2CCN(C)C(c3ccc(OC(C)C)cc3)C2)cc1NCc1cccnc1. The van der Waals surface area contributed by atoms with Crippen LogP contribution in [0.15, 0.2) is 67.0 Å². The van der Waals surface area contributed by atoms with Crippen LogP contribution in [0.5, 0.6) is 11.5 Å². The molecule has 0 spiro atoms. The van der Waals surface area contributed by atoms with E-state index in [1.165, 1.54) is 5.56 Å². The molecule has 35 heavy (non-hydrogen) atoms. The predicted octanol–water partition coefficient (Wildman–Crippen LogP) is 4.62. The number of ether oxygens (including phenoxy) is 2. The number of likely N-dealkylation sites (N-methyl/N-ethyl adjacent to an activating group) is 1. The van der Waals surface area contributed by atoms with E-state index in [0.29, 0.717) is 30.9 Å². The van der Waals surface area contributed by atoms with E-state index in [0.717, 1.165) is 23.5 Å². The molecule has 0 aliphatic carbocycles. The number of methoxy groups -OCH3 is 1. The van der Waals surface area contributed by atoms with Gasteiger partial charge in [-0.15, -0.1) is 0 Å². The summed E-state index contributed by atoms with van der Waals surface area (Å²) in [5.41, 5.74) is 3.66. The third-order valence-corrected chi connectivity index (χ3v) is 6.22. The molecule has 7 nitrogen and oxygen atoms in total. The molecule has 1 atom stereocenters. The van der Waals surface area contributed by atoms with Crippen molar-refractivity contribution in [3.05, 3.63) is 83.7 Å². The second-order valence-corrected chi connectivity index (χ2v) is 9.11. The summed E-state index contributed by atoms with van der Waals surface area (Å²) in [5, 5.41) is 3.38. The normalized spacial score (nSPS) is 16.3. The largest absolute Gasteiger partial charge is 0.495 e. The number of carbonyl (C=O) groups excluding carboxylic acids is 1. The number of carbonyl (C=O) groups is 1. The molecule has 4 rings (SSSR count). The molecule has 3 aromatic rings. The van der Waals surface area contributed by atoms with Crippen molar-refractivity contribution in [2.24, 2.45) is 0 Å². The lowest BCUT2D eigenvalue weighted by Gasteiger charge is -2.40. The first-order valence-corrected chi connectivity index (χ1v) is 12.0. The zero-order valence-electron chi connectivity index (χ0n) is 20.9. The van der Waals surface area contributed by atoms with Gasteiger partial charge in [-0.2, -0.15) is 0 Å². The van der Waals surface area contributed by atoms with Crippen molar-refractivity contribution in [2.45, 2.75) is 32.5 Å². The fourth-order valence-corrected chi connectivity index (χ4v) is 4.32. The Labute approximate surface area is 207 Å². The number of rotatable bonds is 8. The topological polar surface area (TPSA) is 66.9 Å². The van der Waals surface area contributed by atoms with Gasteiger partial charge in [-0.1, -0.05) is 18.2 Å². The first kappa shape index (κ1) is 24.5. The molecular formula is C28H34N4O3. The van der Waals surface area contributed by atoms with Gasteiger partial charge in [-0.3, -0.25) is 14.7 Å². The molecular weight excluding hydrogens is 440 g/mol. The quantitative estimate of drug-likeness (QED) is 0.514. The number of hydrogen-bond donors (Lipinski definition) is 1. The summed E-state index contributed by atoms with van der Waals surface area (Å²) >= 11 is 0. The summed E-state index contributed by atoms with van der Waals surface area (Å²) in [7, 11) is 3.74. The number of nitrogens with zero attached hydrogens (tertiary/aromatic N) is 3. The number of aromatic nitrogens is 1. The maximum absolute atomic E-state index is 13.5. The van der Waals surface area contributed by atoms with Crippen LogP contribution in [0.25, 0.3) is 0 Å². The van der Waals surface area contributed by atoms with E-state index in [1.54, 1.807) is 13.3 Å². The number of hydrogen-bond acceptors (Lipinski definition) is 6. The number of amides is 1. The van der Waals surface area contributed by atoms with Gasteiger partial charge in [0.05, 0.1) is 24.9 Å². The summed E-state index contributed by atoms with van der Waals surface area (Å²) in [4.78, 5) is 21.9. The molecule has 1 saturated heterocycles. The lowest BCUT2D eigenvalue weighted by molar-refractivity contribution is 0.0546. The zero-order chi connectivity index (χ0) is 24.8. The third-order valence-electron chi connectivity index (χ3n) is 6.22. The van der Waals surface area contributed by atoms with Crippen molar-refractivity contribution in [2.75, 3.05) is 39.1 Å². The fourth-order valence-electron chi connectivity index (χ4n) is 4.32. The lowest BCUT2D eigenvalue weighted by atomic mass is 10.0. The first-order valence-electron chi connectivity index (χ1n) is 12.0. The molecule has 0 bridgehead atoms. The maximum atomic E-state index is 13.5. The van der Waals surface area contributed by atoms with Crippen molar-refractivity contribution in [3.63, 3.8) is 0 Å². The molecule has 2 heterocycles.